The second kappa shape index (κ2) is 12.8. The number of likely N-dealkylation sites (N-methyl/N-ethyl adjacent to an activating group) is 1. The molecular weight excluding hydrogens is 508 g/mol. The zero-order chi connectivity index (χ0) is 28.2. The molecule has 2 aliphatic heterocycles. The van der Waals surface area contributed by atoms with Gasteiger partial charge in [0.15, 0.2) is 0 Å². The summed E-state index contributed by atoms with van der Waals surface area (Å²) in [6.45, 7) is 8.43. The predicted molar refractivity (Wildman–Crippen MR) is 158 cm³/mol. The molecule has 2 aromatic rings. The van der Waals surface area contributed by atoms with Gasteiger partial charge in [-0.25, -0.2) is 8.78 Å². The van der Waals surface area contributed by atoms with Crippen LogP contribution in [0.15, 0.2) is 35.8 Å². The van der Waals surface area contributed by atoms with Crippen LogP contribution in [0, 0.1) is 12.3 Å². The van der Waals surface area contributed by atoms with Crippen molar-refractivity contribution in [1.29, 1.82) is 5.41 Å². The van der Waals surface area contributed by atoms with Crippen LogP contribution in [0.25, 0.3) is 11.1 Å². The Hall–Kier alpha value is -2.78. The standard InChI is InChI=1S/C31H45F2N7/c1-4-40(29-17-26(30(32)33)25(16-21(29)2)22-18-36-38(3)20-22)31(34)27-19-35-13-12-28(27)37-23-8-10-24(11-9-23)39-14-6-5-7-15-39/h16-18,20,23-24,30,34-35,37H,4-15,19H2,1-3H3. The summed E-state index contributed by atoms with van der Waals surface area (Å²) < 4.78 is 30.2. The van der Waals surface area contributed by atoms with Crippen molar-refractivity contribution in [2.45, 2.75) is 83.7 Å². The molecule has 7 nitrogen and oxygen atoms in total. The summed E-state index contributed by atoms with van der Waals surface area (Å²) in [5.74, 6) is 0.386. The maximum atomic E-state index is 14.3. The van der Waals surface area contributed by atoms with Gasteiger partial charge in [0.1, 0.15) is 5.84 Å². The van der Waals surface area contributed by atoms with E-state index in [9.17, 15) is 14.2 Å². The second-order valence-corrected chi connectivity index (χ2v) is 11.7. The number of piperidine rings is 1. The van der Waals surface area contributed by atoms with Crippen LogP contribution in [0.1, 0.15) is 75.8 Å². The molecule has 0 amide bonds. The van der Waals surface area contributed by atoms with E-state index in [1.54, 1.807) is 30.2 Å². The van der Waals surface area contributed by atoms with Crippen molar-refractivity contribution in [2.75, 3.05) is 37.6 Å². The van der Waals surface area contributed by atoms with Crippen LogP contribution < -0.4 is 15.5 Å². The van der Waals surface area contributed by atoms with Crippen LogP contribution >= 0.6 is 0 Å². The molecule has 1 saturated heterocycles. The van der Waals surface area contributed by atoms with Crippen molar-refractivity contribution in [2.24, 2.45) is 7.05 Å². The van der Waals surface area contributed by atoms with E-state index in [1.165, 1.54) is 45.2 Å². The SMILES string of the molecule is CCN(C(=N)C1=C(NC2CCC(N3CCCCC3)CC2)CCNC1)c1cc(C(F)F)c(-c2cnn(C)c2)cc1C. The van der Waals surface area contributed by atoms with E-state index in [4.69, 9.17) is 0 Å². The number of aryl methyl sites for hydroxylation is 2. The number of anilines is 1. The largest absolute Gasteiger partial charge is 0.385 e. The zero-order valence-electron chi connectivity index (χ0n) is 24.3. The quantitative estimate of drug-likeness (QED) is 0.286. The Morgan fingerprint density at radius 1 is 1.18 bits per heavy atom. The second-order valence-electron chi connectivity index (χ2n) is 11.7. The third kappa shape index (κ3) is 6.25. The zero-order valence-corrected chi connectivity index (χ0v) is 24.3. The first-order valence-corrected chi connectivity index (χ1v) is 15.1. The van der Waals surface area contributed by atoms with Gasteiger partial charge in [-0.15, -0.1) is 0 Å². The Labute approximate surface area is 237 Å². The van der Waals surface area contributed by atoms with E-state index in [0.29, 0.717) is 41.8 Å². The summed E-state index contributed by atoms with van der Waals surface area (Å²) in [5, 5.41) is 20.7. The van der Waals surface area contributed by atoms with Gasteiger partial charge in [-0.2, -0.15) is 5.10 Å². The molecule has 0 spiro atoms. The molecule has 40 heavy (non-hydrogen) atoms. The minimum Gasteiger partial charge on any atom is -0.385 e. The van der Waals surface area contributed by atoms with E-state index in [0.717, 1.165) is 48.7 Å². The smallest absolute Gasteiger partial charge is 0.264 e. The molecule has 1 saturated carbocycles. The Kier molecular flexibility index (Phi) is 9.20. The molecule has 2 fully saturated rings. The molecule has 218 valence electrons. The normalized spacial score (nSPS) is 22.6. The molecule has 3 heterocycles. The van der Waals surface area contributed by atoms with Crippen molar-refractivity contribution in [3.63, 3.8) is 0 Å². The molecule has 1 aliphatic carbocycles. The van der Waals surface area contributed by atoms with Crippen LogP contribution in [0.3, 0.4) is 0 Å². The van der Waals surface area contributed by atoms with Crippen LogP contribution in [-0.2, 0) is 7.05 Å². The van der Waals surface area contributed by atoms with E-state index < -0.39 is 6.43 Å². The van der Waals surface area contributed by atoms with E-state index in [2.05, 4.69) is 20.6 Å². The first-order chi connectivity index (χ1) is 19.4. The minimum absolute atomic E-state index is 0.0283. The number of alkyl halides is 2. The lowest BCUT2D eigenvalue weighted by Gasteiger charge is -2.40. The Morgan fingerprint density at radius 3 is 2.58 bits per heavy atom. The highest BCUT2D eigenvalue weighted by Crippen LogP contribution is 2.37. The third-order valence-corrected chi connectivity index (χ3v) is 8.98. The van der Waals surface area contributed by atoms with Gasteiger partial charge < -0.3 is 20.4 Å². The van der Waals surface area contributed by atoms with Gasteiger partial charge in [0.2, 0.25) is 0 Å². The van der Waals surface area contributed by atoms with Crippen molar-refractivity contribution in [1.82, 2.24) is 25.3 Å². The van der Waals surface area contributed by atoms with Gasteiger partial charge >= 0.3 is 0 Å². The molecule has 5 rings (SSSR count). The Bertz CT molecular complexity index is 1210. The van der Waals surface area contributed by atoms with Gasteiger partial charge in [-0.3, -0.25) is 10.1 Å². The number of nitrogens with zero attached hydrogens (tertiary/aromatic N) is 4. The van der Waals surface area contributed by atoms with Gasteiger partial charge in [-0.1, -0.05) is 6.42 Å². The van der Waals surface area contributed by atoms with Gasteiger partial charge in [0.25, 0.3) is 6.43 Å². The van der Waals surface area contributed by atoms with Crippen molar-refractivity contribution in [3.05, 3.63) is 46.9 Å². The molecule has 0 atom stereocenters. The lowest BCUT2D eigenvalue weighted by Crippen LogP contribution is -2.46. The summed E-state index contributed by atoms with van der Waals surface area (Å²) in [5.41, 5.74) is 4.75. The fraction of sp³-hybridized carbons (Fsp3) is 0.613. The number of hydrogen-bond acceptors (Lipinski definition) is 5. The summed E-state index contributed by atoms with van der Waals surface area (Å²) in [6, 6.07) is 4.54. The monoisotopic (exact) mass is 553 g/mol. The average molecular weight is 554 g/mol. The number of benzene rings is 1. The number of rotatable bonds is 8. The molecule has 9 heteroatoms. The first kappa shape index (κ1) is 28.7. The predicted octanol–water partition coefficient (Wildman–Crippen LogP) is 5.77. The fourth-order valence-corrected chi connectivity index (χ4v) is 6.79. The summed E-state index contributed by atoms with van der Waals surface area (Å²) in [7, 11) is 1.78. The minimum atomic E-state index is -2.63. The summed E-state index contributed by atoms with van der Waals surface area (Å²) >= 11 is 0. The van der Waals surface area contributed by atoms with Crippen molar-refractivity contribution >= 4 is 11.5 Å². The molecule has 1 aromatic heterocycles. The number of aromatic nitrogens is 2. The van der Waals surface area contributed by atoms with Gasteiger partial charge in [0.05, 0.1) is 6.20 Å². The molecule has 1 aromatic carbocycles. The number of likely N-dealkylation sites (tertiary alicyclic amines) is 1. The fourth-order valence-electron chi connectivity index (χ4n) is 6.79. The maximum absolute atomic E-state index is 14.3. The average Bonchev–Trinajstić information content (AvgIpc) is 3.41. The lowest BCUT2D eigenvalue weighted by molar-refractivity contribution is 0.122. The number of hydrogen-bond donors (Lipinski definition) is 3. The maximum Gasteiger partial charge on any atom is 0.264 e. The van der Waals surface area contributed by atoms with Crippen LogP contribution in [0.2, 0.25) is 0 Å². The third-order valence-electron chi connectivity index (χ3n) is 8.98. The highest BCUT2D eigenvalue weighted by molar-refractivity contribution is 6.09. The lowest BCUT2D eigenvalue weighted by atomic mass is 9.88. The molecule has 3 N–H and O–H groups in total. The Morgan fingerprint density at radius 2 is 1.93 bits per heavy atom. The van der Waals surface area contributed by atoms with Crippen molar-refractivity contribution in [3.8, 4) is 11.1 Å². The molecule has 0 bridgehead atoms. The van der Waals surface area contributed by atoms with E-state index >= 15 is 0 Å². The summed E-state index contributed by atoms with van der Waals surface area (Å²) in [4.78, 5) is 4.59. The molecule has 0 radical (unpaired) electrons. The number of nitrogens with one attached hydrogen (secondary N) is 3. The van der Waals surface area contributed by atoms with E-state index in [-0.39, 0.29) is 5.56 Å². The van der Waals surface area contributed by atoms with E-state index in [1.807, 2.05) is 24.8 Å². The number of halogens is 2. The van der Waals surface area contributed by atoms with Gasteiger partial charge in [0, 0.05) is 79.5 Å². The van der Waals surface area contributed by atoms with Crippen LogP contribution in [-0.4, -0.2) is 65.3 Å². The molecule has 3 aliphatic rings. The van der Waals surface area contributed by atoms with Crippen LogP contribution in [0.5, 0.6) is 0 Å². The Balaban J connectivity index is 1.35. The topological polar surface area (TPSA) is 72.2 Å². The van der Waals surface area contributed by atoms with Gasteiger partial charge in [-0.05, 0) is 88.7 Å². The highest BCUT2D eigenvalue weighted by Gasteiger charge is 2.29. The van der Waals surface area contributed by atoms with Crippen LogP contribution in [0.4, 0.5) is 14.5 Å². The number of amidine groups is 1. The summed E-state index contributed by atoms with van der Waals surface area (Å²) in [6.07, 6.45) is 10.4. The molecular formula is C31H45F2N7. The highest BCUT2D eigenvalue weighted by atomic mass is 19.3. The first-order valence-electron chi connectivity index (χ1n) is 15.1. The van der Waals surface area contributed by atoms with Crippen molar-refractivity contribution < 1.29 is 8.78 Å². The molecule has 0 unspecified atom stereocenters.